The number of carbonyl (C=O) groups excluding carboxylic acids is 1. The van der Waals surface area contributed by atoms with Gasteiger partial charge in [0.25, 0.3) is 11.6 Å². The van der Waals surface area contributed by atoms with Crippen molar-refractivity contribution >= 4 is 23.1 Å². The Morgan fingerprint density at radius 3 is 2.64 bits per heavy atom. The molecule has 22 heavy (non-hydrogen) atoms. The highest BCUT2D eigenvalue weighted by Crippen LogP contribution is 2.23. The molecule has 1 heterocycles. The van der Waals surface area contributed by atoms with E-state index in [1.807, 2.05) is 14.1 Å². The van der Waals surface area contributed by atoms with Crippen molar-refractivity contribution in [2.24, 2.45) is 0 Å². The fraction of sp³-hybridized carbons (Fsp3) is 0.200. The summed E-state index contributed by atoms with van der Waals surface area (Å²) in [5.41, 5.74) is 1.33. The molecule has 2 rings (SSSR count). The predicted octanol–water partition coefficient (Wildman–Crippen LogP) is 2.62. The molecule has 2 aromatic rings. The minimum absolute atomic E-state index is 0.0264. The molecule has 0 aliphatic heterocycles. The van der Waals surface area contributed by atoms with E-state index in [1.165, 1.54) is 6.07 Å². The van der Waals surface area contributed by atoms with Gasteiger partial charge in [-0.3, -0.25) is 14.9 Å². The van der Waals surface area contributed by atoms with E-state index < -0.39 is 4.92 Å². The monoisotopic (exact) mass is 300 g/mol. The van der Waals surface area contributed by atoms with E-state index in [9.17, 15) is 14.9 Å². The van der Waals surface area contributed by atoms with Gasteiger partial charge in [0.2, 0.25) is 0 Å². The van der Waals surface area contributed by atoms with Gasteiger partial charge in [0.15, 0.2) is 0 Å². The zero-order valence-electron chi connectivity index (χ0n) is 12.5. The average molecular weight is 300 g/mol. The summed E-state index contributed by atoms with van der Waals surface area (Å²) in [5, 5.41) is 13.6. The van der Waals surface area contributed by atoms with Crippen molar-refractivity contribution in [3.63, 3.8) is 0 Å². The molecule has 1 amide bonds. The first-order chi connectivity index (χ1) is 10.4. The molecular weight excluding hydrogens is 284 g/mol. The van der Waals surface area contributed by atoms with E-state index in [1.54, 1.807) is 42.3 Å². The van der Waals surface area contributed by atoms with Crippen LogP contribution in [-0.2, 0) is 0 Å². The van der Waals surface area contributed by atoms with Gasteiger partial charge in [0.05, 0.1) is 4.92 Å². The lowest BCUT2D eigenvalue weighted by Crippen LogP contribution is -2.15. The number of anilines is 2. The number of aryl methyl sites for hydroxylation is 1. The molecule has 1 aromatic carbocycles. The minimum Gasteiger partial charge on any atom is -0.363 e. The van der Waals surface area contributed by atoms with Gasteiger partial charge in [-0.05, 0) is 25.1 Å². The smallest absolute Gasteiger partial charge is 0.274 e. The number of rotatable bonds is 4. The Morgan fingerprint density at radius 2 is 2.00 bits per heavy atom. The second-order valence-corrected chi connectivity index (χ2v) is 5.01. The molecule has 0 fully saturated rings. The molecular formula is C15H16N4O3. The van der Waals surface area contributed by atoms with Gasteiger partial charge in [0, 0.05) is 43.2 Å². The summed E-state index contributed by atoms with van der Waals surface area (Å²) in [6, 6.07) is 7.82. The van der Waals surface area contributed by atoms with Crippen LogP contribution in [0.2, 0.25) is 0 Å². The van der Waals surface area contributed by atoms with Crippen LogP contribution in [0.4, 0.5) is 17.2 Å². The lowest BCUT2D eigenvalue weighted by molar-refractivity contribution is -0.385. The van der Waals surface area contributed by atoms with Crippen LogP contribution in [0.1, 0.15) is 15.9 Å². The molecule has 0 spiro atoms. The van der Waals surface area contributed by atoms with Crippen LogP contribution in [0.5, 0.6) is 0 Å². The van der Waals surface area contributed by atoms with Gasteiger partial charge >= 0.3 is 0 Å². The van der Waals surface area contributed by atoms with Crippen molar-refractivity contribution in [3.05, 3.63) is 57.8 Å². The Bertz CT molecular complexity index is 728. The van der Waals surface area contributed by atoms with E-state index >= 15 is 0 Å². The summed E-state index contributed by atoms with van der Waals surface area (Å²) in [4.78, 5) is 28.6. The van der Waals surface area contributed by atoms with Gasteiger partial charge in [-0.25, -0.2) is 4.98 Å². The molecule has 0 atom stereocenters. The number of aromatic nitrogens is 1. The maximum atomic E-state index is 12.2. The highest BCUT2D eigenvalue weighted by Gasteiger charge is 2.13. The van der Waals surface area contributed by atoms with Crippen LogP contribution in [0.3, 0.4) is 0 Å². The highest BCUT2D eigenvalue weighted by molar-refractivity contribution is 6.04. The molecule has 0 aliphatic rings. The standard InChI is InChI=1S/C15H16N4O3/c1-10-4-5-12(9-13(10)19(21)22)17-15(20)11-6-7-16-14(8-11)18(2)3/h4-9H,1-3H3,(H,17,20). The Balaban J connectivity index is 2.24. The molecule has 0 aliphatic carbocycles. The van der Waals surface area contributed by atoms with Crippen molar-refractivity contribution in [2.75, 3.05) is 24.3 Å². The summed E-state index contributed by atoms with van der Waals surface area (Å²) >= 11 is 0. The van der Waals surface area contributed by atoms with Crippen LogP contribution < -0.4 is 10.2 Å². The number of carbonyl (C=O) groups is 1. The summed E-state index contributed by atoms with van der Waals surface area (Å²) in [6.07, 6.45) is 1.54. The number of amides is 1. The zero-order chi connectivity index (χ0) is 16.3. The highest BCUT2D eigenvalue weighted by atomic mass is 16.6. The third-order valence-electron chi connectivity index (χ3n) is 3.13. The number of benzene rings is 1. The number of nitro groups is 1. The fourth-order valence-electron chi connectivity index (χ4n) is 1.89. The predicted molar refractivity (Wildman–Crippen MR) is 84.4 cm³/mol. The summed E-state index contributed by atoms with van der Waals surface area (Å²) in [5.74, 6) is 0.311. The first kappa shape index (κ1) is 15.4. The quantitative estimate of drug-likeness (QED) is 0.692. The lowest BCUT2D eigenvalue weighted by atomic mass is 10.1. The molecule has 0 unspecified atom stereocenters. The minimum atomic E-state index is -0.471. The van der Waals surface area contributed by atoms with Crippen molar-refractivity contribution in [2.45, 2.75) is 6.92 Å². The Kier molecular flexibility index (Phi) is 4.36. The van der Waals surface area contributed by atoms with Crippen molar-refractivity contribution in [1.82, 2.24) is 4.98 Å². The normalized spacial score (nSPS) is 10.1. The van der Waals surface area contributed by atoms with E-state index in [0.717, 1.165) is 0 Å². The third kappa shape index (κ3) is 3.38. The zero-order valence-corrected chi connectivity index (χ0v) is 12.5. The van der Waals surface area contributed by atoms with Gasteiger partial charge in [-0.1, -0.05) is 6.07 Å². The number of pyridine rings is 1. The van der Waals surface area contributed by atoms with Gasteiger partial charge < -0.3 is 10.2 Å². The molecule has 0 radical (unpaired) electrons. The first-order valence-corrected chi connectivity index (χ1v) is 6.58. The Labute approximate surface area is 127 Å². The molecule has 0 saturated carbocycles. The van der Waals surface area contributed by atoms with Gasteiger partial charge in [-0.15, -0.1) is 0 Å². The van der Waals surface area contributed by atoms with Gasteiger partial charge in [-0.2, -0.15) is 0 Å². The van der Waals surface area contributed by atoms with Crippen LogP contribution in [0.25, 0.3) is 0 Å². The topological polar surface area (TPSA) is 88.4 Å². The number of hydrogen-bond acceptors (Lipinski definition) is 5. The maximum absolute atomic E-state index is 12.2. The molecule has 0 saturated heterocycles. The second kappa shape index (κ2) is 6.21. The summed E-state index contributed by atoms with van der Waals surface area (Å²) < 4.78 is 0. The van der Waals surface area contributed by atoms with E-state index in [2.05, 4.69) is 10.3 Å². The average Bonchev–Trinajstić information content (AvgIpc) is 2.49. The van der Waals surface area contributed by atoms with Crippen molar-refractivity contribution in [3.8, 4) is 0 Å². The van der Waals surface area contributed by atoms with Crippen LogP contribution in [-0.4, -0.2) is 29.9 Å². The Hall–Kier alpha value is -2.96. The van der Waals surface area contributed by atoms with Crippen LogP contribution in [0.15, 0.2) is 36.5 Å². The van der Waals surface area contributed by atoms with E-state index in [0.29, 0.717) is 22.6 Å². The Morgan fingerprint density at radius 1 is 1.27 bits per heavy atom. The molecule has 114 valence electrons. The summed E-state index contributed by atoms with van der Waals surface area (Å²) in [6.45, 7) is 1.65. The second-order valence-electron chi connectivity index (χ2n) is 5.01. The van der Waals surface area contributed by atoms with Crippen LogP contribution in [0, 0.1) is 17.0 Å². The first-order valence-electron chi connectivity index (χ1n) is 6.58. The maximum Gasteiger partial charge on any atom is 0.274 e. The number of hydrogen-bond donors (Lipinski definition) is 1. The SMILES string of the molecule is Cc1ccc(NC(=O)c2ccnc(N(C)C)c2)cc1[N+](=O)[O-]. The van der Waals surface area contributed by atoms with Crippen molar-refractivity contribution in [1.29, 1.82) is 0 Å². The fourth-order valence-corrected chi connectivity index (χ4v) is 1.89. The summed E-state index contributed by atoms with van der Waals surface area (Å²) in [7, 11) is 3.65. The lowest BCUT2D eigenvalue weighted by Gasteiger charge is -2.12. The molecule has 7 nitrogen and oxygen atoms in total. The largest absolute Gasteiger partial charge is 0.363 e. The molecule has 7 heteroatoms. The molecule has 1 aromatic heterocycles. The van der Waals surface area contributed by atoms with E-state index in [4.69, 9.17) is 0 Å². The van der Waals surface area contributed by atoms with Crippen LogP contribution >= 0.6 is 0 Å². The number of nitro benzene ring substituents is 1. The third-order valence-corrected chi connectivity index (χ3v) is 3.13. The number of nitrogens with one attached hydrogen (secondary N) is 1. The molecule has 0 bridgehead atoms. The number of nitrogens with zero attached hydrogens (tertiary/aromatic N) is 3. The van der Waals surface area contributed by atoms with Gasteiger partial charge in [0.1, 0.15) is 5.82 Å². The molecule has 1 N–H and O–H groups in total. The van der Waals surface area contributed by atoms with E-state index in [-0.39, 0.29) is 11.6 Å². The van der Waals surface area contributed by atoms with Crippen molar-refractivity contribution < 1.29 is 9.72 Å².